The van der Waals surface area contributed by atoms with Gasteiger partial charge in [-0.1, -0.05) is 0 Å². The average molecular weight is 506 g/mol. The van der Waals surface area contributed by atoms with Crippen LogP contribution in [0.25, 0.3) is 11.0 Å². The number of ether oxygens (including phenoxy) is 1. The van der Waals surface area contributed by atoms with E-state index in [0.29, 0.717) is 12.5 Å². The minimum atomic E-state index is -4.27. The summed E-state index contributed by atoms with van der Waals surface area (Å²) in [4.78, 5) is 27.9. The van der Waals surface area contributed by atoms with Crippen LogP contribution in [0.4, 0.5) is 19.0 Å². The van der Waals surface area contributed by atoms with Crippen LogP contribution >= 0.6 is 0 Å². The van der Waals surface area contributed by atoms with Crippen LogP contribution in [0.15, 0.2) is 43.1 Å². The fourth-order valence-corrected chi connectivity index (χ4v) is 4.52. The first-order valence-corrected chi connectivity index (χ1v) is 11.9. The number of carbonyl (C=O) groups is 1. The molecule has 0 aromatic carbocycles. The van der Waals surface area contributed by atoms with E-state index in [2.05, 4.69) is 41.6 Å². The molecule has 0 spiro atoms. The number of primary amides is 1. The molecule has 36 heavy (non-hydrogen) atoms. The Morgan fingerprint density at radius 1 is 1.11 bits per heavy atom. The van der Waals surface area contributed by atoms with Crippen molar-refractivity contribution in [3.63, 3.8) is 0 Å². The molecule has 2 saturated heterocycles. The number of likely N-dealkylation sites (tertiary alicyclic amines) is 1. The number of alkyl halides is 3. The number of nitrogens with zero attached hydrogens (tertiary/aromatic N) is 6. The van der Waals surface area contributed by atoms with Gasteiger partial charge in [0.05, 0.1) is 30.7 Å². The lowest BCUT2D eigenvalue weighted by molar-refractivity contribution is -0.137. The van der Waals surface area contributed by atoms with E-state index in [1.807, 2.05) is 0 Å². The van der Waals surface area contributed by atoms with E-state index in [1.54, 1.807) is 6.33 Å². The first-order valence-electron chi connectivity index (χ1n) is 11.9. The summed E-state index contributed by atoms with van der Waals surface area (Å²) in [6.07, 6.45) is 3.77. The number of pyridine rings is 1. The Morgan fingerprint density at radius 2 is 1.86 bits per heavy atom. The lowest BCUT2D eigenvalue weighted by atomic mass is 9.96. The zero-order chi connectivity index (χ0) is 25.5. The second-order valence-corrected chi connectivity index (χ2v) is 8.93. The highest BCUT2D eigenvalue weighted by atomic mass is 19.4. The molecule has 2 aliphatic heterocycles. The number of morpholine rings is 1. The first-order chi connectivity index (χ1) is 17.3. The quantitative estimate of drug-likeness (QED) is 0.569. The zero-order valence-electron chi connectivity index (χ0n) is 19.9. The van der Waals surface area contributed by atoms with E-state index in [-0.39, 0.29) is 5.91 Å². The summed E-state index contributed by atoms with van der Waals surface area (Å²) in [5.74, 6) is 1.36. The summed E-state index contributed by atoms with van der Waals surface area (Å²) in [5.41, 5.74) is 5.58. The number of hydrogen-bond acceptors (Lipinski definition) is 7. The Labute approximate surface area is 207 Å². The Kier molecular flexibility index (Phi) is 8.36. The molecule has 0 bridgehead atoms. The summed E-state index contributed by atoms with van der Waals surface area (Å²) in [6, 6.07) is 4.36. The van der Waals surface area contributed by atoms with E-state index in [4.69, 9.17) is 10.5 Å². The lowest BCUT2D eigenvalue weighted by Gasteiger charge is -2.31. The van der Waals surface area contributed by atoms with Crippen LogP contribution in [-0.4, -0.2) is 76.3 Å². The van der Waals surface area contributed by atoms with Gasteiger partial charge in [-0.3, -0.25) is 14.7 Å². The zero-order valence-corrected chi connectivity index (χ0v) is 19.9. The lowest BCUT2D eigenvalue weighted by Crippen LogP contribution is -2.40. The monoisotopic (exact) mass is 505 g/mol. The Bertz CT molecular complexity index is 1130. The molecule has 0 saturated carbocycles. The molecule has 3 aromatic rings. The third kappa shape index (κ3) is 6.70. The minimum absolute atomic E-state index is 0.243. The molecule has 5 heterocycles. The predicted molar refractivity (Wildman–Crippen MR) is 128 cm³/mol. The molecule has 194 valence electrons. The maximum atomic E-state index is 11.7. The minimum Gasteiger partial charge on any atom is -0.378 e. The Balaban J connectivity index is 0.000000256. The maximum absolute atomic E-state index is 11.7. The van der Waals surface area contributed by atoms with Crippen molar-refractivity contribution in [2.75, 3.05) is 50.8 Å². The van der Waals surface area contributed by atoms with Gasteiger partial charge in [0.15, 0.2) is 0 Å². The highest BCUT2D eigenvalue weighted by Crippen LogP contribution is 2.28. The van der Waals surface area contributed by atoms with Crippen LogP contribution in [0.2, 0.25) is 0 Å². The smallest absolute Gasteiger partial charge is 0.378 e. The van der Waals surface area contributed by atoms with Crippen molar-refractivity contribution in [3.8, 4) is 0 Å². The van der Waals surface area contributed by atoms with Gasteiger partial charge in [-0.2, -0.15) is 13.2 Å². The number of nitrogens with two attached hydrogens (primary N) is 1. The summed E-state index contributed by atoms with van der Waals surface area (Å²) < 4.78 is 42.9. The number of halogens is 3. The molecule has 1 amide bonds. The van der Waals surface area contributed by atoms with E-state index in [0.717, 1.165) is 87.9 Å². The predicted octanol–water partition coefficient (Wildman–Crippen LogP) is 2.57. The van der Waals surface area contributed by atoms with Crippen molar-refractivity contribution < 1.29 is 22.7 Å². The van der Waals surface area contributed by atoms with E-state index >= 15 is 0 Å². The van der Waals surface area contributed by atoms with E-state index < -0.39 is 11.7 Å². The standard InChI is InChI=1S/C18H26N6O2.C6H4F3N/c19-16(25)12-22-4-1-14(2-5-22)11-24-6-3-15-17(20-13-21-18(15)24)23-7-9-26-10-8-23;7-6(8,9)5-2-1-3-10-4-5/h3,6,13-14H,1-2,4-5,7-12H2,(H2,19,25);1-4H. The van der Waals surface area contributed by atoms with Crippen molar-refractivity contribution in [2.45, 2.75) is 25.6 Å². The molecule has 5 rings (SSSR count). The molecule has 2 N–H and O–H groups in total. The number of amides is 1. The fraction of sp³-hybridized carbons (Fsp3) is 0.500. The number of piperidine rings is 1. The molecular formula is C24H30F3N7O2. The molecule has 12 heteroatoms. The summed E-state index contributed by atoms with van der Waals surface area (Å²) in [7, 11) is 0. The Hall–Kier alpha value is -3.25. The molecule has 0 aliphatic carbocycles. The van der Waals surface area contributed by atoms with Crippen molar-refractivity contribution in [1.29, 1.82) is 0 Å². The third-order valence-electron chi connectivity index (χ3n) is 6.38. The van der Waals surface area contributed by atoms with Crippen LogP contribution in [-0.2, 0) is 22.3 Å². The second-order valence-electron chi connectivity index (χ2n) is 8.93. The van der Waals surface area contributed by atoms with E-state index in [9.17, 15) is 18.0 Å². The molecule has 0 atom stereocenters. The summed E-state index contributed by atoms with van der Waals surface area (Å²) in [6.45, 7) is 6.42. The van der Waals surface area contributed by atoms with Crippen LogP contribution in [0.1, 0.15) is 18.4 Å². The van der Waals surface area contributed by atoms with E-state index in [1.165, 1.54) is 12.3 Å². The molecule has 9 nitrogen and oxygen atoms in total. The molecule has 0 unspecified atom stereocenters. The molecule has 0 radical (unpaired) electrons. The van der Waals surface area contributed by atoms with Gasteiger partial charge in [0.25, 0.3) is 0 Å². The maximum Gasteiger partial charge on any atom is 0.417 e. The molecular weight excluding hydrogens is 475 g/mol. The number of hydrogen-bond donors (Lipinski definition) is 1. The number of fused-ring (bicyclic) bond motifs is 1. The summed E-state index contributed by atoms with van der Waals surface area (Å²) in [5, 5.41) is 1.11. The van der Waals surface area contributed by atoms with Gasteiger partial charge < -0.3 is 19.9 Å². The molecule has 2 aliphatic rings. The largest absolute Gasteiger partial charge is 0.417 e. The van der Waals surface area contributed by atoms with Gasteiger partial charge >= 0.3 is 6.18 Å². The van der Waals surface area contributed by atoms with Crippen molar-refractivity contribution >= 4 is 22.8 Å². The van der Waals surface area contributed by atoms with Gasteiger partial charge in [-0.05, 0) is 50.0 Å². The SMILES string of the molecule is FC(F)(F)c1cccnc1.NC(=O)CN1CCC(Cn2ccc3c(N4CCOCC4)ncnc32)CC1. The number of rotatable bonds is 5. The molecule has 2 fully saturated rings. The number of aromatic nitrogens is 4. The second kappa shape index (κ2) is 11.7. The highest BCUT2D eigenvalue weighted by molar-refractivity contribution is 5.87. The number of carbonyl (C=O) groups excluding carboxylic acids is 1. The van der Waals surface area contributed by atoms with Crippen LogP contribution in [0.5, 0.6) is 0 Å². The van der Waals surface area contributed by atoms with Crippen molar-refractivity contribution in [1.82, 2.24) is 24.4 Å². The average Bonchev–Trinajstić information content (AvgIpc) is 3.29. The number of anilines is 1. The topological polar surface area (TPSA) is 102 Å². The Morgan fingerprint density at radius 3 is 2.47 bits per heavy atom. The normalized spacial score (nSPS) is 17.6. The van der Waals surface area contributed by atoms with Crippen molar-refractivity contribution in [3.05, 3.63) is 48.7 Å². The first kappa shape index (κ1) is 25.8. The van der Waals surface area contributed by atoms with Crippen LogP contribution in [0.3, 0.4) is 0 Å². The fourth-order valence-electron chi connectivity index (χ4n) is 4.52. The molecule has 3 aromatic heterocycles. The van der Waals surface area contributed by atoms with Crippen LogP contribution in [0, 0.1) is 5.92 Å². The highest BCUT2D eigenvalue weighted by Gasteiger charge is 2.30. The summed E-state index contributed by atoms with van der Waals surface area (Å²) >= 11 is 0. The van der Waals surface area contributed by atoms with Gasteiger partial charge in [-0.15, -0.1) is 0 Å². The van der Waals surface area contributed by atoms with Gasteiger partial charge in [0, 0.05) is 38.2 Å². The van der Waals surface area contributed by atoms with Gasteiger partial charge in [0.1, 0.15) is 17.8 Å². The van der Waals surface area contributed by atoms with Gasteiger partial charge in [0.2, 0.25) is 5.91 Å². The third-order valence-corrected chi connectivity index (χ3v) is 6.38. The van der Waals surface area contributed by atoms with Crippen molar-refractivity contribution in [2.24, 2.45) is 11.7 Å². The van der Waals surface area contributed by atoms with Gasteiger partial charge in [-0.25, -0.2) is 9.97 Å². The van der Waals surface area contributed by atoms with Crippen LogP contribution < -0.4 is 10.6 Å².